The molecule has 0 bridgehead atoms. The van der Waals surface area contributed by atoms with E-state index in [4.69, 9.17) is 0 Å². The third kappa shape index (κ3) is 5.58. The van der Waals surface area contributed by atoms with E-state index in [1.54, 1.807) is 6.08 Å². The smallest absolute Gasteiger partial charge is 0.248 e. The highest BCUT2D eigenvalue weighted by molar-refractivity contribution is 6.02. The van der Waals surface area contributed by atoms with Crippen LogP contribution in [0.1, 0.15) is 30.9 Å². The molecule has 0 saturated heterocycles. The molecule has 0 atom stereocenters. The minimum absolute atomic E-state index is 0.147. The first-order valence-electron chi connectivity index (χ1n) is 9.11. The van der Waals surface area contributed by atoms with Gasteiger partial charge < -0.3 is 10.6 Å². The summed E-state index contributed by atoms with van der Waals surface area (Å²) in [5, 5.41) is 6.20. The third-order valence-corrected chi connectivity index (χ3v) is 4.25. The maximum absolute atomic E-state index is 12.1. The van der Waals surface area contributed by atoms with Gasteiger partial charge in [0.05, 0.1) is 0 Å². The topological polar surface area (TPSA) is 41.1 Å². The molecule has 136 valence electrons. The Morgan fingerprint density at radius 3 is 2.00 bits per heavy atom. The molecule has 0 aliphatic heterocycles. The van der Waals surface area contributed by atoms with Crippen molar-refractivity contribution in [2.24, 2.45) is 0 Å². The predicted octanol–water partition coefficient (Wildman–Crippen LogP) is 6.21. The fourth-order valence-corrected chi connectivity index (χ4v) is 2.67. The van der Waals surface area contributed by atoms with Gasteiger partial charge in [-0.1, -0.05) is 56.3 Å². The van der Waals surface area contributed by atoms with Gasteiger partial charge in [-0.15, -0.1) is 0 Å². The van der Waals surface area contributed by atoms with Gasteiger partial charge in [0.15, 0.2) is 0 Å². The Bertz CT molecular complexity index is 895. The van der Waals surface area contributed by atoms with E-state index in [0.717, 1.165) is 22.6 Å². The van der Waals surface area contributed by atoms with E-state index in [1.165, 1.54) is 5.56 Å². The van der Waals surface area contributed by atoms with Crippen molar-refractivity contribution in [2.45, 2.75) is 19.8 Å². The van der Waals surface area contributed by atoms with Crippen LogP contribution in [0.15, 0.2) is 84.9 Å². The number of anilines is 3. The van der Waals surface area contributed by atoms with Crippen molar-refractivity contribution in [2.75, 3.05) is 10.6 Å². The molecule has 0 radical (unpaired) electrons. The Balaban J connectivity index is 1.55. The lowest BCUT2D eigenvalue weighted by Gasteiger charge is -2.08. The zero-order chi connectivity index (χ0) is 19.1. The number of hydrogen-bond acceptors (Lipinski definition) is 2. The van der Waals surface area contributed by atoms with E-state index in [0.29, 0.717) is 5.92 Å². The molecule has 0 heterocycles. The zero-order valence-electron chi connectivity index (χ0n) is 15.6. The van der Waals surface area contributed by atoms with E-state index in [1.807, 2.05) is 72.8 Å². The van der Waals surface area contributed by atoms with Gasteiger partial charge in [-0.2, -0.15) is 0 Å². The molecule has 2 N–H and O–H groups in total. The molecule has 0 spiro atoms. The molecule has 0 aliphatic rings. The lowest BCUT2D eigenvalue weighted by Crippen LogP contribution is -2.07. The fraction of sp³-hybridized carbons (Fsp3) is 0.125. The number of carbonyl (C=O) groups is 1. The monoisotopic (exact) mass is 356 g/mol. The van der Waals surface area contributed by atoms with Crippen LogP contribution in [0.3, 0.4) is 0 Å². The number of nitrogens with one attached hydrogen (secondary N) is 2. The average Bonchev–Trinajstić information content (AvgIpc) is 2.69. The maximum Gasteiger partial charge on any atom is 0.248 e. The summed E-state index contributed by atoms with van der Waals surface area (Å²) >= 11 is 0. The Kier molecular flexibility index (Phi) is 6.06. The minimum Gasteiger partial charge on any atom is -0.356 e. The quantitative estimate of drug-likeness (QED) is 0.516. The van der Waals surface area contributed by atoms with Gasteiger partial charge in [-0.05, 0) is 59.5 Å². The number of hydrogen-bond donors (Lipinski definition) is 2. The second-order valence-corrected chi connectivity index (χ2v) is 6.71. The number of carbonyl (C=O) groups excluding carboxylic acids is 1. The third-order valence-electron chi connectivity index (χ3n) is 4.25. The van der Waals surface area contributed by atoms with Gasteiger partial charge in [0.25, 0.3) is 0 Å². The highest BCUT2D eigenvalue weighted by Crippen LogP contribution is 2.19. The van der Waals surface area contributed by atoms with E-state index in [2.05, 4.69) is 36.6 Å². The van der Waals surface area contributed by atoms with Crippen molar-refractivity contribution in [1.82, 2.24) is 0 Å². The molecule has 0 aromatic heterocycles. The molecule has 3 nitrogen and oxygen atoms in total. The number of amides is 1. The normalized spacial score (nSPS) is 10.9. The van der Waals surface area contributed by atoms with E-state index >= 15 is 0 Å². The maximum atomic E-state index is 12.1. The summed E-state index contributed by atoms with van der Waals surface area (Å²) in [6, 6.07) is 25.9. The Morgan fingerprint density at radius 2 is 1.37 bits per heavy atom. The first kappa shape index (κ1) is 18.5. The zero-order valence-corrected chi connectivity index (χ0v) is 15.6. The molecule has 0 aliphatic carbocycles. The summed E-state index contributed by atoms with van der Waals surface area (Å²) in [5.74, 6) is 0.359. The molecule has 3 heteroatoms. The summed E-state index contributed by atoms with van der Waals surface area (Å²) in [7, 11) is 0. The van der Waals surface area contributed by atoms with Crippen LogP contribution in [0.2, 0.25) is 0 Å². The highest BCUT2D eigenvalue weighted by atomic mass is 16.1. The molecule has 3 aromatic carbocycles. The Labute approximate surface area is 160 Å². The van der Waals surface area contributed by atoms with Crippen molar-refractivity contribution in [3.8, 4) is 0 Å². The van der Waals surface area contributed by atoms with Crippen molar-refractivity contribution in [3.05, 3.63) is 96.1 Å². The number of para-hydroxylation sites is 1. The van der Waals surface area contributed by atoms with Crippen molar-refractivity contribution in [3.63, 3.8) is 0 Å². The van der Waals surface area contributed by atoms with Crippen molar-refractivity contribution >= 4 is 29.0 Å². The second kappa shape index (κ2) is 8.86. The molecule has 0 unspecified atom stereocenters. The molecule has 3 rings (SSSR count). The summed E-state index contributed by atoms with van der Waals surface area (Å²) in [6.45, 7) is 4.33. The van der Waals surface area contributed by atoms with Crippen LogP contribution in [-0.4, -0.2) is 5.91 Å². The lowest BCUT2D eigenvalue weighted by molar-refractivity contribution is -0.111. The second-order valence-electron chi connectivity index (χ2n) is 6.71. The molecule has 0 saturated carbocycles. The molecule has 3 aromatic rings. The van der Waals surface area contributed by atoms with Gasteiger partial charge in [0, 0.05) is 23.1 Å². The van der Waals surface area contributed by atoms with Gasteiger partial charge in [0.1, 0.15) is 0 Å². The van der Waals surface area contributed by atoms with Gasteiger partial charge in [0.2, 0.25) is 5.91 Å². The SMILES string of the molecule is CC(C)c1ccc(C=CC(=O)Nc2ccc(Nc3ccccc3)cc2)cc1. The summed E-state index contributed by atoms with van der Waals surface area (Å²) < 4.78 is 0. The summed E-state index contributed by atoms with van der Waals surface area (Å²) in [4.78, 5) is 12.1. The summed E-state index contributed by atoms with van der Waals surface area (Å²) in [5.41, 5.74) is 5.07. The van der Waals surface area contributed by atoms with Gasteiger partial charge in [-0.25, -0.2) is 0 Å². The van der Waals surface area contributed by atoms with Crippen LogP contribution in [0.25, 0.3) is 6.08 Å². The van der Waals surface area contributed by atoms with E-state index in [9.17, 15) is 4.79 Å². The highest BCUT2D eigenvalue weighted by Gasteiger charge is 2.00. The Morgan fingerprint density at radius 1 is 0.778 bits per heavy atom. The van der Waals surface area contributed by atoms with Crippen molar-refractivity contribution < 1.29 is 4.79 Å². The van der Waals surface area contributed by atoms with E-state index < -0.39 is 0 Å². The fourth-order valence-electron chi connectivity index (χ4n) is 2.67. The Hall–Kier alpha value is -3.33. The summed E-state index contributed by atoms with van der Waals surface area (Å²) in [6.07, 6.45) is 3.38. The van der Waals surface area contributed by atoms with Crippen LogP contribution in [0, 0.1) is 0 Å². The minimum atomic E-state index is -0.147. The predicted molar refractivity (Wildman–Crippen MR) is 114 cm³/mol. The van der Waals surface area contributed by atoms with Crippen LogP contribution in [0.5, 0.6) is 0 Å². The van der Waals surface area contributed by atoms with Gasteiger partial charge in [-0.3, -0.25) is 4.79 Å². The lowest BCUT2D eigenvalue weighted by atomic mass is 10.0. The van der Waals surface area contributed by atoms with Gasteiger partial charge >= 0.3 is 0 Å². The largest absolute Gasteiger partial charge is 0.356 e. The first-order valence-corrected chi connectivity index (χ1v) is 9.11. The van der Waals surface area contributed by atoms with Crippen LogP contribution in [0.4, 0.5) is 17.1 Å². The molecule has 27 heavy (non-hydrogen) atoms. The standard InChI is InChI=1S/C24H24N2O/c1-18(2)20-11-8-19(9-12-20)10-17-24(27)26-23-15-13-22(14-16-23)25-21-6-4-3-5-7-21/h3-18,25H,1-2H3,(H,26,27). The van der Waals surface area contributed by atoms with Crippen LogP contribution < -0.4 is 10.6 Å². The number of benzene rings is 3. The molecule has 0 fully saturated rings. The average molecular weight is 356 g/mol. The first-order chi connectivity index (χ1) is 13.1. The van der Waals surface area contributed by atoms with Crippen LogP contribution >= 0.6 is 0 Å². The molecule has 1 amide bonds. The van der Waals surface area contributed by atoms with E-state index in [-0.39, 0.29) is 5.91 Å². The molecular formula is C24H24N2O. The molecular weight excluding hydrogens is 332 g/mol. The van der Waals surface area contributed by atoms with Crippen LogP contribution in [-0.2, 0) is 4.79 Å². The van der Waals surface area contributed by atoms with Crippen molar-refractivity contribution in [1.29, 1.82) is 0 Å². The number of rotatable bonds is 6.